The van der Waals surface area contributed by atoms with E-state index in [1.807, 2.05) is 18.2 Å². The van der Waals surface area contributed by atoms with Crippen LogP contribution in [0.5, 0.6) is 5.75 Å². The predicted molar refractivity (Wildman–Crippen MR) is 103 cm³/mol. The van der Waals surface area contributed by atoms with Crippen molar-refractivity contribution in [2.24, 2.45) is 11.8 Å². The second kappa shape index (κ2) is 6.88. The van der Waals surface area contributed by atoms with Crippen LogP contribution in [0.25, 0.3) is 0 Å². The fraction of sp³-hybridized carbons (Fsp3) is 0.435. The quantitative estimate of drug-likeness (QED) is 0.776. The Balaban J connectivity index is 1.41. The molecule has 1 unspecified atom stereocenters. The average Bonchev–Trinajstić information content (AvgIpc) is 2.99. The van der Waals surface area contributed by atoms with Crippen molar-refractivity contribution in [1.29, 1.82) is 0 Å². The van der Waals surface area contributed by atoms with Gasteiger partial charge in [-0.05, 0) is 36.1 Å². The number of ether oxygens (including phenoxy) is 1. The lowest BCUT2D eigenvalue weighted by Gasteiger charge is -2.42. The van der Waals surface area contributed by atoms with Gasteiger partial charge in [-0.1, -0.05) is 30.3 Å². The topological polar surface area (TPSA) is 26.3 Å². The van der Waals surface area contributed by atoms with Gasteiger partial charge in [0.1, 0.15) is 12.3 Å². The van der Waals surface area contributed by atoms with Crippen LogP contribution < -0.4 is 4.74 Å². The number of carbonyl (C=O) groups is 1. The van der Waals surface area contributed by atoms with Gasteiger partial charge in [0.25, 0.3) is 0 Å². The molecule has 2 aromatic carbocycles. The Labute approximate surface area is 156 Å². The second-order valence-electron chi connectivity index (χ2n) is 8.25. The molecule has 0 aromatic heterocycles. The Kier molecular flexibility index (Phi) is 4.58. The van der Waals surface area contributed by atoms with Crippen molar-refractivity contribution in [2.75, 3.05) is 27.2 Å². The van der Waals surface area contributed by atoms with Crippen LogP contribution in [0.2, 0.25) is 0 Å². The Morgan fingerprint density at radius 3 is 2.50 bits per heavy atom. The Bertz CT molecular complexity index is 791. The number of nitrogens with zero attached hydrogens (tertiary/aromatic N) is 1. The molecule has 0 saturated carbocycles. The molecule has 136 valence electrons. The zero-order valence-corrected chi connectivity index (χ0v) is 15.8. The molecule has 1 atom stereocenters. The van der Waals surface area contributed by atoms with Crippen molar-refractivity contribution in [2.45, 2.75) is 25.8 Å². The molecule has 3 nitrogen and oxygen atoms in total. The number of carbonyl (C=O) groups excluding carboxylic acids is 1. The molecule has 0 bridgehead atoms. The Morgan fingerprint density at radius 2 is 1.81 bits per heavy atom. The molecule has 0 spiro atoms. The standard InChI is InChI=1S/C23H28NO2/c1-24(16-17-6-4-3-5-7-17)12-10-18(11-13-24)22-15-19-14-20(26-2)8-9-21(19)23(22)25/h3-9,14,18,22H,10-13,15-16H2,1-2H3/q+1. The normalized spacial score (nSPS) is 28.0. The van der Waals surface area contributed by atoms with E-state index in [0.717, 1.165) is 54.7 Å². The van der Waals surface area contributed by atoms with Crippen molar-refractivity contribution in [3.05, 3.63) is 65.2 Å². The van der Waals surface area contributed by atoms with E-state index in [1.165, 1.54) is 11.1 Å². The number of piperidine rings is 1. The highest BCUT2D eigenvalue weighted by Crippen LogP contribution is 2.39. The van der Waals surface area contributed by atoms with Crippen molar-refractivity contribution in [3.8, 4) is 5.75 Å². The summed E-state index contributed by atoms with van der Waals surface area (Å²) in [6.45, 7) is 3.40. The molecule has 4 rings (SSSR count). The van der Waals surface area contributed by atoms with Crippen molar-refractivity contribution >= 4 is 5.78 Å². The van der Waals surface area contributed by atoms with E-state index in [2.05, 4.69) is 37.4 Å². The molecular weight excluding hydrogens is 322 g/mol. The lowest BCUT2D eigenvalue weighted by molar-refractivity contribution is -0.928. The Morgan fingerprint density at radius 1 is 1.08 bits per heavy atom. The molecule has 0 radical (unpaired) electrons. The van der Waals surface area contributed by atoms with Crippen molar-refractivity contribution in [3.63, 3.8) is 0 Å². The van der Waals surface area contributed by atoms with E-state index in [0.29, 0.717) is 11.7 Å². The number of hydrogen-bond acceptors (Lipinski definition) is 2. The predicted octanol–water partition coefficient (Wildman–Crippen LogP) is 4.11. The van der Waals surface area contributed by atoms with Gasteiger partial charge in [0.05, 0.1) is 27.2 Å². The molecule has 3 heteroatoms. The first-order chi connectivity index (χ1) is 12.6. The minimum Gasteiger partial charge on any atom is -0.497 e. The van der Waals surface area contributed by atoms with Crippen LogP contribution in [-0.2, 0) is 13.0 Å². The number of methoxy groups -OCH3 is 1. The minimum absolute atomic E-state index is 0.169. The van der Waals surface area contributed by atoms with Gasteiger partial charge in [-0.15, -0.1) is 0 Å². The number of benzene rings is 2. The molecule has 2 aromatic rings. The van der Waals surface area contributed by atoms with Gasteiger partial charge in [-0.3, -0.25) is 4.79 Å². The summed E-state index contributed by atoms with van der Waals surface area (Å²) < 4.78 is 6.41. The van der Waals surface area contributed by atoms with Gasteiger partial charge in [-0.2, -0.15) is 0 Å². The van der Waals surface area contributed by atoms with Crippen molar-refractivity contribution < 1.29 is 14.0 Å². The van der Waals surface area contributed by atoms with Crippen LogP contribution in [0.15, 0.2) is 48.5 Å². The summed E-state index contributed by atoms with van der Waals surface area (Å²) in [4.78, 5) is 12.9. The zero-order valence-electron chi connectivity index (χ0n) is 15.8. The molecule has 2 aliphatic rings. The van der Waals surface area contributed by atoms with Gasteiger partial charge in [-0.25, -0.2) is 0 Å². The largest absolute Gasteiger partial charge is 0.497 e. The third-order valence-corrected chi connectivity index (χ3v) is 6.41. The van der Waals surface area contributed by atoms with E-state index in [4.69, 9.17) is 4.74 Å². The molecule has 0 N–H and O–H groups in total. The summed E-state index contributed by atoms with van der Waals surface area (Å²) in [6, 6.07) is 16.7. The van der Waals surface area contributed by atoms with Crippen LogP contribution in [0, 0.1) is 11.8 Å². The lowest BCUT2D eigenvalue weighted by atomic mass is 9.81. The van der Waals surface area contributed by atoms with Gasteiger partial charge in [0, 0.05) is 29.9 Å². The smallest absolute Gasteiger partial charge is 0.166 e. The van der Waals surface area contributed by atoms with E-state index >= 15 is 0 Å². The van der Waals surface area contributed by atoms with Crippen LogP contribution >= 0.6 is 0 Å². The Hall–Kier alpha value is -2.13. The fourth-order valence-electron chi connectivity index (χ4n) is 4.81. The van der Waals surface area contributed by atoms with Gasteiger partial charge in [0.15, 0.2) is 5.78 Å². The van der Waals surface area contributed by atoms with E-state index < -0.39 is 0 Å². The third-order valence-electron chi connectivity index (χ3n) is 6.41. The van der Waals surface area contributed by atoms with Crippen LogP contribution in [0.3, 0.4) is 0 Å². The van der Waals surface area contributed by atoms with E-state index in [9.17, 15) is 4.79 Å². The summed E-state index contributed by atoms with van der Waals surface area (Å²) in [5.74, 6) is 1.89. The molecule has 1 heterocycles. The number of likely N-dealkylation sites (tertiary alicyclic amines) is 1. The summed E-state index contributed by atoms with van der Waals surface area (Å²) >= 11 is 0. The highest BCUT2D eigenvalue weighted by atomic mass is 16.5. The summed E-state index contributed by atoms with van der Waals surface area (Å²) in [7, 11) is 4.04. The molecule has 1 fully saturated rings. The molecule has 26 heavy (non-hydrogen) atoms. The first-order valence-corrected chi connectivity index (χ1v) is 9.66. The number of fused-ring (bicyclic) bond motifs is 1. The third kappa shape index (κ3) is 3.28. The number of ketones is 1. The molecule has 1 aliphatic heterocycles. The minimum atomic E-state index is 0.169. The summed E-state index contributed by atoms with van der Waals surface area (Å²) in [6.07, 6.45) is 3.17. The molecular formula is C23H28NO2+. The maximum absolute atomic E-state index is 12.9. The maximum Gasteiger partial charge on any atom is 0.166 e. The average molecular weight is 350 g/mol. The van der Waals surface area contributed by atoms with Gasteiger partial charge < -0.3 is 9.22 Å². The van der Waals surface area contributed by atoms with Crippen molar-refractivity contribution in [1.82, 2.24) is 0 Å². The van der Waals surface area contributed by atoms with Crippen LogP contribution in [0.1, 0.15) is 34.3 Å². The second-order valence-corrected chi connectivity index (χ2v) is 8.25. The van der Waals surface area contributed by atoms with Crippen LogP contribution in [0.4, 0.5) is 0 Å². The zero-order chi connectivity index (χ0) is 18.1. The highest BCUT2D eigenvalue weighted by molar-refractivity contribution is 6.02. The monoisotopic (exact) mass is 350 g/mol. The molecule has 1 aliphatic carbocycles. The van der Waals surface area contributed by atoms with Gasteiger partial charge >= 0.3 is 0 Å². The molecule has 0 amide bonds. The first-order valence-electron chi connectivity index (χ1n) is 9.66. The summed E-state index contributed by atoms with van der Waals surface area (Å²) in [5.41, 5.74) is 3.50. The van der Waals surface area contributed by atoms with E-state index in [1.54, 1.807) is 7.11 Å². The fourth-order valence-corrected chi connectivity index (χ4v) is 4.81. The number of Topliss-reactive ketones (excluding diaryl/α,β-unsaturated/α-hetero) is 1. The number of hydrogen-bond donors (Lipinski definition) is 0. The summed E-state index contributed by atoms with van der Waals surface area (Å²) in [5, 5.41) is 0. The van der Waals surface area contributed by atoms with Gasteiger partial charge in [0.2, 0.25) is 0 Å². The molecule has 1 saturated heterocycles. The van der Waals surface area contributed by atoms with Crippen LogP contribution in [-0.4, -0.2) is 37.5 Å². The highest BCUT2D eigenvalue weighted by Gasteiger charge is 2.40. The number of quaternary nitrogens is 1. The maximum atomic E-state index is 12.9. The first kappa shape index (κ1) is 17.3. The SMILES string of the molecule is COc1ccc2c(c1)CC(C1CC[N+](C)(Cc3ccccc3)CC1)C2=O. The number of rotatable bonds is 4. The lowest BCUT2D eigenvalue weighted by Crippen LogP contribution is -2.50. The van der Waals surface area contributed by atoms with E-state index in [-0.39, 0.29) is 5.92 Å².